The van der Waals surface area contributed by atoms with Crippen LogP contribution >= 0.6 is 11.3 Å². The van der Waals surface area contributed by atoms with Gasteiger partial charge >= 0.3 is 0 Å². The maximum absolute atomic E-state index is 12.8. The van der Waals surface area contributed by atoms with Crippen molar-refractivity contribution in [3.8, 4) is 5.75 Å². The van der Waals surface area contributed by atoms with E-state index in [1.54, 1.807) is 24.3 Å². The SMILES string of the molecule is Cc1c(Cc2ccccc2)sc(NC(=O)c2ccc(OCCC(C)C)cc2)c1C(N)=O. The normalized spacial score (nSPS) is 10.8. The molecule has 0 bridgehead atoms. The third-order valence-electron chi connectivity index (χ3n) is 5.01. The van der Waals surface area contributed by atoms with Gasteiger partial charge in [-0.05, 0) is 54.7 Å². The summed E-state index contributed by atoms with van der Waals surface area (Å²) in [5, 5.41) is 3.36. The fourth-order valence-corrected chi connectivity index (χ4v) is 4.43. The van der Waals surface area contributed by atoms with Crippen LogP contribution in [0.4, 0.5) is 5.00 Å². The van der Waals surface area contributed by atoms with E-state index in [2.05, 4.69) is 19.2 Å². The van der Waals surface area contributed by atoms with E-state index in [-0.39, 0.29) is 5.91 Å². The van der Waals surface area contributed by atoms with Gasteiger partial charge in [0.15, 0.2) is 0 Å². The molecule has 5 nitrogen and oxygen atoms in total. The van der Waals surface area contributed by atoms with Crippen LogP contribution in [-0.4, -0.2) is 18.4 Å². The van der Waals surface area contributed by atoms with Crippen molar-refractivity contribution >= 4 is 28.2 Å². The second-order valence-corrected chi connectivity index (χ2v) is 9.00. The molecule has 0 aliphatic carbocycles. The van der Waals surface area contributed by atoms with Gasteiger partial charge in [0.05, 0.1) is 12.2 Å². The van der Waals surface area contributed by atoms with Crippen molar-refractivity contribution in [2.75, 3.05) is 11.9 Å². The number of anilines is 1. The Labute approximate surface area is 187 Å². The fourth-order valence-electron chi connectivity index (χ4n) is 3.19. The van der Waals surface area contributed by atoms with Gasteiger partial charge in [-0.3, -0.25) is 9.59 Å². The summed E-state index contributed by atoms with van der Waals surface area (Å²) in [6, 6.07) is 17.0. The summed E-state index contributed by atoms with van der Waals surface area (Å²) in [6.45, 7) is 6.81. The summed E-state index contributed by atoms with van der Waals surface area (Å²) in [5.41, 5.74) is 8.43. The lowest BCUT2D eigenvalue weighted by Gasteiger charge is -2.09. The van der Waals surface area contributed by atoms with Crippen LogP contribution in [0.3, 0.4) is 0 Å². The maximum Gasteiger partial charge on any atom is 0.256 e. The Kier molecular flexibility index (Phi) is 7.47. The Hall–Kier alpha value is -3.12. The summed E-state index contributed by atoms with van der Waals surface area (Å²) < 4.78 is 5.71. The zero-order valence-corrected chi connectivity index (χ0v) is 18.9. The second-order valence-electron chi connectivity index (χ2n) is 7.89. The molecule has 0 saturated heterocycles. The van der Waals surface area contributed by atoms with E-state index in [0.29, 0.717) is 35.1 Å². The predicted octanol–water partition coefficient (Wildman–Crippen LogP) is 5.42. The molecule has 1 aromatic heterocycles. The van der Waals surface area contributed by atoms with Crippen molar-refractivity contribution in [1.29, 1.82) is 0 Å². The van der Waals surface area contributed by atoms with Crippen molar-refractivity contribution in [3.63, 3.8) is 0 Å². The zero-order valence-electron chi connectivity index (χ0n) is 18.1. The summed E-state index contributed by atoms with van der Waals surface area (Å²) in [7, 11) is 0. The third kappa shape index (κ3) is 5.95. The van der Waals surface area contributed by atoms with Crippen molar-refractivity contribution in [2.24, 2.45) is 11.7 Å². The van der Waals surface area contributed by atoms with Gasteiger partial charge in [-0.15, -0.1) is 11.3 Å². The van der Waals surface area contributed by atoms with Gasteiger partial charge in [0.25, 0.3) is 11.8 Å². The van der Waals surface area contributed by atoms with Crippen LogP contribution in [0.2, 0.25) is 0 Å². The first-order valence-electron chi connectivity index (χ1n) is 10.4. The molecule has 6 heteroatoms. The molecule has 3 aromatic rings. The number of amides is 2. The second kappa shape index (κ2) is 10.3. The number of benzene rings is 2. The minimum absolute atomic E-state index is 0.288. The van der Waals surface area contributed by atoms with Crippen molar-refractivity contribution in [2.45, 2.75) is 33.6 Å². The molecule has 0 radical (unpaired) electrons. The van der Waals surface area contributed by atoms with E-state index in [1.165, 1.54) is 11.3 Å². The number of ether oxygens (including phenoxy) is 1. The molecule has 0 aliphatic rings. The van der Waals surface area contributed by atoms with Crippen LogP contribution in [0.5, 0.6) is 5.75 Å². The Bertz CT molecular complexity index is 1040. The summed E-state index contributed by atoms with van der Waals surface area (Å²) >= 11 is 1.39. The predicted molar refractivity (Wildman–Crippen MR) is 126 cm³/mol. The fraction of sp³-hybridized carbons (Fsp3) is 0.280. The molecule has 3 rings (SSSR count). The summed E-state index contributed by atoms with van der Waals surface area (Å²) in [6.07, 6.45) is 1.65. The number of primary amides is 1. The molecule has 0 fully saturated rings. The van der Waals surface area contributed by atoms with Gasteiger partial charge in [-0.1, -0.05) is 44.2 Å². The number of nitrogens with one attached hydrogen (secondary N) is 1. The number of carbonyl (C=O) groups is 2. The quantitative estimate of drug-likeness (QED) is 0.470. The molecule has 0 atom stereocenters. The molecule has 31 heavy (non-hydrogen) atoms. The Balaban J connectivity index is 1.74. The molecular formula is C25H28N2O3S. The molecule has 0 spiro atoms. The summed E-state index contributed by atoms with van der Waals surface area (Å²) in [4.78, 5) is 25.9. The van der Waals surface area contributed by atoms with E-state index in [1.807, 2.05) is 37.3 Å². The molecular weight excluding hydrogens is 408 g/mol. The third-order valence-corrected chi connectivity index (χ3v) is 6.21. The molecule has 2 aromatic carbocycles. The van der Waals surface area contributed by atoms with Gasteiger partial charge in [-0.25, -0.2) is 0 Å². The van der Waals surface area contributed by atoms with E-state index in [0.717, 1.165) is 28.2 Å². The number of nitrogens with two attached hydrogens (primary N) is 1. The average molecular weight is 437 g/mol. The maximum atomic E-state index is 12.8. The number of rotatable bonds is 9. The molecule has 162 valence electrons. The highest BCUT2D eigenvalue weighted by Crippen LogP contribution is 2.34. The number of carbonyl (C=O) groups excluding carboxylic acids is 2. The van der Waals surface area contributed by atoms with Gasteiger partial charge < -0.3 is 15.8 Å². The van der Waals surface area contributed by atoms with Crippen LogP contribution in [0, 0.1) is 12.8 Å². The van der Waals surface area contributed by atoms with E-state index in [9.17, 15) is 9.59 Å². The zero-order chi connectivity index (χ0) is 22.4. The van der Waals surface area contributed by atoms with Crippen molar-refractivity contribution < 1.29 is 14.3 Å². The van der Waals surface area contributed by atoms with Crippen LogP contribution in [-0.2, 0) is 6.42 Å². The molecule has 0 saturated carbocycles. The van der Waals surface area contributed by atoms with Crippen molar-refractivity contribution in [1.82, 2.24) is 0 Å². The Morgan fingerprint density at radius 1 is 1.06 bits per heavy atom. The Morgan fingerprint density at radius 2 is 1.74 bits per heavy atom. The first kappa shape index (κ1) is 22.6. The van der Waals surface area contributed by atoms with Crippen LogP contribution in [0.25, 0.3) is 0 Å². The monoisotopic (exact) mass is 436 g/mol. The van der Waals surface area contributed by atoms with Crippen LogP contribution < -0.4 is 15.8 Å². The lowest BCUT2D eigenvalue weighted by atomic mass is 10.1. The largest absolute Gasteiger partial charge is 0.494 e. The van der Waals surface area contributed by atoms with Gasteiger partial charge in [0.1, 0.15) is 10.8 Å². The highest BCUT2D eigenvalue weighted by molar-refractivity contribution is 7.17. The topological polar surface area (TPSA) is 81.4 Å². The first-order valence-corrected chi connectivity index (χ1v) is 11.2. The first-order chi connectivity index (χ1) is 14.8. The van der Waals surface area contributed by atoms with E-state index < -0.39 is 5.91 Å². The minimum Gasteiger partial charge on any atom is -0.494 e. The smallest absolute Gasteiger partial charge is 0.256 e. The average Bonchev–Trinajstić information content (AvgIpc) is 3.03. The number of hydrogen-bond acceptors (Lipinski definition) is 4. The van der Waals surface area contributed by atoms with E-state index in [4.69, 9.17) is 10.5 Å². The van der Waals surface area contributed by atoms with Crippen LogP contribution in [0.15, 0.2) is 54.6 Å². The number of thiophene rings is 1. The van der Waals surface area contributed by atoms with Gasteiger partial charge in [-0.2, -0.15) is 0 Å². The van der Waals surface area contributed by atoms with E-state index >= 15 is 0 Å². The highest BCUT2D eigenvalue weighted by atomic mass is 32.1. The van der Waals surface area contributed by atoms with Crippen LogP contribution in [0.1, 0.15) is 57.0 Å². The number of hydrogen-bond donors (Lipinski definition) is 2. The standard InChI is InChI=1S/C25H28N2O3S/c1-16(2)13-14-30-20-11-9-19(10-12-20)24(29)27-25-22(23(26)28)17(3)21(31-25)15-18-7-5-4-6-8-18/h4-12,16H,13-15H2,1-3H3,(H2,26,28)(H,27,29). The molecule has 0 aliphatic heterocycles. The summed E-state index contributed by atoms with van der Waals surface area (Å²) in [5.74, 6) is 0.471. The van der Waals surface area contributed by atoms with Gasteiger partial charge in [0, 0.05) is 16.9 Å². The molecule has 2 amide bonds. The molecule has 3 N–H and O–H groups in total. The minimum atomic E-state index is -0.544. The molecule has 0 unspecified atom stereocenters. The highest BCUT2D eigenvalue weighted by Gasteiger charge is 2.21. The van der Waals surface area contributed by atoms with Gasteiger partial charge in [0.2, 0.25) is 0 Å². The lowest BCUT2D eigenvalue weighted by molar-refractivity contribution is 0.100. The molecule has 1 heterocycles. The lowest BCUT2D eigenvalue weighted by Crippen LogP contribution is -2.17. The Morgan fingerprint density at radius 3 is 2.35 bits per heavy atom. The van der Waals surface area contributed by atoms with Crippen molar-refractivity contribution in [3.05, 3.63) is 81.7 Å².